The van der Waals surface area contributed by atoms with Crippen molar-refractivity contribution in [2.45, 2.75) is 18.9 Å². The minimum absolute atomic E-state index is 0.193. The Hall–Kier alpha value is -3.79. The standard InChI is InChI=1S/C20H16ClN9O/c21-12-6-9-29-16(12)20(31)30(14-5-1-2-7-22-14)18(27-29)13-4-3-8-28(13)19-15-17(24-10-23-15)25-11-26-19/h1-2,5-7,9-11,13H,3-4,8H2,(H,23,24,25,26). The second-order valence-electron chi connectivity index (χ2n) is 7.29. The smallest absolute Gasteiger partial charge is 0.285 e. The highest BCUT2D eigenvalue weighted by molar-refractivity contribution is 6.33. The summed E-state index contributed by atoms with van der Waals surface area (Å²) in [7, 11) is 0. The fourth-order valence-electron chi connectivity index (χ4n) is 4.23. The van der Waals surface area contributed by atoms with Gasteiger partial charge in [0.15, 0.2) is 17.3 Å². The monoisotopic (exact) mass is 433 g/mol. The molecule has 0 radical (unpaired) electrons. The summed E-state index contributed by atoms with van der Waals surface area (Å²) in [6.07, 6.45) is 8.18. The number of nitrogens with zero attached hydrogens (tertiary/aromatic N) is 8. The van der Waals surface area contributed by atoms with Crippen molar-refractivity contribution in [2.24, 2.45) is 0 Å². The van der Waals surface area contributed by atoms with Crippen LogP contribution in [0.15, 0.2) is 54.1 Å². The molecular weight excluding hydrogens is 418 g/mol. The molecule has 1 saturated heterocycles. The van der Waals surface area contributed by atoms with Gasteiger partial charge in [-0.3, -0.25) is 4.79 Å². The Bertz CT molecular complexity index is 1470. The molecule has 1 fully saturated rings. The molecule has 31 heavy (non-hydrogen) atoms. The van der Waals surface area contributed by atoms with Gasteiger partial charge in [-0.15, -0.1) is 0 Å². The predicted molar refractivity (Wildman–Crippen MR) is 115 cm³/mol. The first-order chi connectivity index (χ1) is 15.2. The first kappa shape index (κ1) is 18.0. The van der Waals surface area contributed by atoms with E-state index in [0.717, 1.165) is 30.7 Å². The van der Waals surface area contributed by atoms with Crippen molar-refractivity contribution in [1.82, 2.24) is 39.1 Å². The number of imidazole rings is 1. The van der Waals surface area contributed by atoms with Gasteiger partial charge >= 0.3 is 0 Å². The summed E-state index contributed by atoms with van der Waals surface area (Å²) >= 11 is 6.29. The second-order valence-corrected chi connectivity index (χ2v) is 7.70. The average Bonchev–Trinajstić information content (AvgIpc) is 3.53. The van der Waals surface area contributed by atoms with Gasteiger partial charge in [0.25, 0.3) is 5.56 Å². The summed E-state index contributed by atoms with van der Waals surface area (Å²) in [6, 6.07) is 6.91. The van der Waals surface area contributed by atoms with Crippen LogP contribution in [0.3, 0.4) is 0 Å². The fraction of sp³-hybridized carbons (Fsp3) is 0.200. The zero-order chi connectivity index (χ0) is 20.9. The summed E-state index contributed by atoms with van der Waals surface area (Å²) in [5.41, 5.74) is 1.41. The van der Waals surface area contributed by atoms with Crippen molar-refractivity contribution in [3.8, 4) is 5.82 Å². The van der Waals surface area contributed by atoms with Gasteiger partial charge in [-0.2, -0.15) is 5.10 Å². The van der Waals surface area contributed by atoms with Crippen LogP contribution in [0.5, 0.6) is 0 Å². The van der Waals surface area contributed by atoms with E-state index in [2.05, 4.69) is 29.8 Å². The maximum absolute atomic E-state index is 13.5. The number of H-pyrrole nitrogens is 1. The Labute approximate surface area is 180 Å². The van der Waals surface area contributed by atoms with Crippen molar-refractivity contribution < 1.29 is 0 Å². The highest BCUT2D eigenvalue weighted by Crippen LogP contribution is 2.36. The first-order valence-electron chi connectivity index (χ1n) is 9.84. The molecule has 1 aliphatic heterocycles. The van der Waals surface area contributed by atoms with E-state index < -0.39 is 0 Å². The molecule has 0 amide bonds. The van der Waals surface area contributed by atoms with Crippen LogP contribution in [-0.4, -0.2) is 45.6 Å². The zero-order valence-electron chi connectivity index (χ0n) is 16.2. The molecule has 1 N–H and O–H groups in total. The van der Waals surface area contributed by atoms with Crippen molar-refractivity contribution in [3.05, 3.63) is 70.5 Å². The second kappa shape index (κ2) is 6.88. The molecule has 154 valence electrons. The number of aromatic amines is 1. The maximum Gasteiger partial charge on any atom is 0.285 e. The third kappa shape index (κ3) is 2.72. The van der Waals surface area contributed by atoms with Crippen LogP contribution in [0.25, 0.3) is 22.5 Å². The number of pyridine rings is 1. The number of hydrogen-bond donors (Lipinski definition) is 1. The quantitative estimate of drug-likeness (QED) is 0.465. The molecule has 0 saturated carbocycles. The average molecular weight is 434 g/mol. The van der Waals surface area contributed by atoms with E-state index in [1.165, 1.54) is 6.33 Å². The number of fused-ring (bicyclic) bond motifs is 2. The molecule has 11 heteroatoms. The fourth-order valence-corrected chi connectivity index (χ4v) is 4.45. The van der Waals surface area contributed by atoms with Crippen LogP contribution in [0.4, 0.5) is 5.82 Å². The molecular formula is C20H16ClN9O. The lowest BCUT2D eigenvalue weighted by atomic mass is 10.2. The summed E-state index contributed by atoms with van der Waals surface area (Å²) in [5.74, 6) is 1.81. The van der Waals surface area contributed by atoms with E-state index in [4.69, 9.17) is 16.7 Å². The largest absolute Gasteiger partial charge is 0.344 e. The summed E-state index contributed by atoms with van der Waals surface area (Å²) in [4.78, 5) is 36.2. The van der Waals surface area contributed by atoms with Crippen LogP contribution in [-0.2, 0) is 0 Å². The summed E-state index contributed by atoms with van der Waals surface area (Å²) < 4.78 is 3.09. The predicted octanol–water partition coefficient (Wildman–Crippen LogP) is 2.54. The zero-order valence-corrected chi connectivity index (χ0v) is 16.9. The topological polar surface area (TPSA) is 110 Å². The van der Waals surface area contributed by atoms with Crippen LogP contribution >= 0.6 is 11.6 Å². The molecule has 0 aliphatic carbocycles. The van der Waals surface area contributed by atoms with Gasteiger partial charge in [0, 0.05) is 18.9 Å². The minimum atomic E-state index is -0.264. The molecule has 5 aromatic rings. The van der Waals surface area contributed by atoms with Crippen molar-refractivity contribution in [3.63, 3.8) is 0 Å². The van der Waals surface area contributed by atoms with E-state index in [1.54, 1.807) is 39.9 Å². The molecule has 1 unspecified atom stereocenters. The lowest BCUT2D eigenvalue weighted by Crippen LogP contribution is -2.33. The third-order valence-corrected chi connectivity index (χ3v) is 5.87. The van der Waals surface area contributed by atoms with Crippen molar-refractivity contribution in [2.75, 3.05) is 11.4 Å². The van der Waals surface area contributed by atoms with Crippen LogP contribution in [0.2, 0.25) is 5.02 Å². The van der Waals surface area contributed by atoms with Gasteiger partial charge < -0.3 is 9.88 Å². The number of anilines is 1. The van der Waals surface area contributed by atoms with Gasteiger partial charge in [-0.25, -0.2) is 29.0 Å². The SMILES string of the molecule is O=c1c2c(Cl)ccn2nc(C2CCCN2c2ncnc3nc[nH]c23)n1-c1ccccn1. The van der Waals surface area contributed by atoms with Gasteiger partial charge in [0.2, 0.25) is 0 Å². The highest BCUT2D eigenvalue weighted by Gasteiger charge is 2.34. The third-order valence-electron chi connectivity index (χ3n) is 5.57. The number of aromatic nitrogens is 8. The van der Waals surface area contributed by atoms with E-state index in [9.17, 15) is 4.79 Å². The normalized spacial score (nSPS) is 16.5. The summed E-state index contributed by atoms with van der Waals surface area (Å²) in [5, 5.41) is 5.16. The molecule has 5 aromatic heterocycles. The van der Waals surface area contributed by atoms with Crippen molar-refractivity contribution >= 4 is 34.1 Å². The number of rotatable bonds is 3. The molecule has 0 spiro atoms. The van der Waals surface area contributed by atoms with Crippen LogP contribution in [0.1, 0.15) is 24.7 Å². The van der Waals surface area contributed by atoms with E-state index in [-0.39, 0.29) is 11.6 Å². The Morgan fingerprint density at radius 2 is 2.06 bits per heavy atom. The molecule has 6 rings (SSSR count). The maximum atomic E-state index is 13.5. The Kier molecular flexibility index (Phi) is 4.00. The number of nitrogens with one attached hydrogen (secondary N) is 1. The van der Waals surface area contributed by atoms with Gasteiger partial charge in [0.1, 0.15) is 23.2 Å². The van der Waals surface area contributed by atoms with Crippen LogP contribution < -0.4 is 10.5 Å². The number of halogens is 1. The molecule has 1 atom stereocenters. The van der Waals surface area contributed by atoms with Crippen LogP contribution in [0, 0.1) is 0 Å². The summed E-state index contributed by atoms with van der Waals surface area (Å²) in [6.45, 7) is 0.762. The van der Waals surface area contributed by atoms with Gasteiger partial charge in [-0.1, -0.05) is 17.7 Å². The Morgan fingerprint density at radius 1 is 1.13 bits per heavy atom. The molecule has 6 heterocycles. The Balaban J connectivity index is 1.60. The van der Waals surface area contributed by atoms with E-state index >= 15 is 0 Å². The lowest BCUT2D eigenvalue weighted by molar-refractivity contribution is 0.598. The highest BCUT2D eigenvalue weighted by atomic mass is 35.5. The molecule has 1 aliphatic rings. The van der Waals surface area contributed by atoms with Crippen molar-refractivity contribution in [1.29, 1.82) is 0 Å². The van der Waals surface area contributed by atoms with E-state index in [0.29, 0.717) is 27.8 Å². The van der Waals surface area contributed by atoms with E-state index in [1.807, 2.05) is 12.1 Å². The lowest BCUT2D eigenvalue weighted by Gasteiger charge is -2.27. The van der Waals surface area contributed by atoms with Gasteiger partial charge in [0.05, 0.1) is 17.4 Å². The molecule has 10 nitrogen and oxygen atoms in total. The number of hydrogen-bond acceptors (Lipinski definition) is 7. The Morgan fingerprint density at radius 3 is 2.94 bits per heavy atom. The minimum Gasteiger partial charge on any atom is -0.344 e. The molecule has 0 aromatic carbocycles. The first-order valence-corrected chi connectivity index (χ1v) is 10.2. The molecule has 0 bridgehead atoms. The van der Waals surface area contributed by atoms with Gasteiger partial charge in [-0.05, 0) is 31.0 Å².